The van der Waals surface area contributed by atoms with Crippen molar-refractivity contribution in [3.05, 3.63) is 53.9 Å². The largest absolute Gasteiger partial charge is 0.332 e. The van der Waals surface area contributed by atoms with Crippen molar-refractivity contribution >= 4 is 29.2 Å². The van der Waals surface area contributed by atoms with Gasteiger partial charge in [-0.3, -0.25) is 14.6 Å². The van der Waals surface area contributed by atoms with E-state index in [0.29, 0.717) is 18.8 Å². The lowest BCUT2D eigenvalue weighted by atomic mass is 9.87. The van der Waals surface area contributed by atoms with E-state index in [1.165, 1.54) is 4.90 Å². The average molecular weight is 476 g/mol. The van der Waals surface area contributed by atoms with Gasteiger partial charge in [-0.15, -0.1) is 0 Å². The fourth-order valence-corrected chi connectivity index (χ4v) is 5.47. The van der Waals surface area contributed by atoms with Crippen LogP contribution in [0.25, 0.3) is 0 Å². The molecule has 0 radical (unpaired) electrons. The van der Waals surface area contributed by atoms with Crippen LogP contribution >= 0.6 is 0 Å². The van der Waals surface area contributed by atoms with Crippen LogP contribution in [0.5, 0.6) is 0 Å². The van der Waals surface area contributed by atoms with Gasteiger partial charge in [0.25, 0.3) is 5.91 Å². The van der Waals surface area contributed by atoms with Crippen molar-refractivity contribution in [3.63, 3.8) is 0 Å². The molecular weight excluding hydrogens is 442 g/mol. The summed E-state index contributed by atoms with van der Waals surface area (Å²) in [4.78, 5) is 49.2. The van der Waals surface area contributed by atoms with Gasteiger partial charge < -0.3 is 15.1 Å². The standard InChI is InChI=1S/C27H33N5O3/c1-26(2)17-30(23(33)21-7-5-6-12-29-21)22-15-19(8-9-20(22)26)32-24(34)27(3,4)31(25(32)35)16-18-10-13-28-14-11-18/h8-11,13-15,21,29H,5-7,12,16-17H2,1-4H3. The molecule has 1 unspecified atom stereocenters. The van der Waals surface area contributed by atoms with Crippen LogP contribution in [0.15, 0.2) is 42.7 Å². The van der Waals surface area contributed by atoms with E-state index < -0.39 is 5.54 Å². The van der Waals surface area contributed by atoms with Crippen molar-refractivity contribution < 1.29 is 14.4 Å². The van der Waals surface area contributed by atoms with Gasteiger partial charge in [-0.25, -0.2) is 9.69 Å². The van der Waals surface area contributed by atoms with Gasteiger partial charge in [-0.05, 0) is 68.6 Å². The van der Waals surface area contributed by atoms with Crippen molar-refractivity contribution in [1.29, 1.82) is 0 Å². The monoisotopic (exact) mass is 475 g/mol. The SMILES string of the molecule is CC1(C)CN(C(=O)C2CCCCN2)c2cc(N3C(=O)N(Cc4ccncc4)C(C)(C)C3=O)ccc21. The highest BCUT2D eigenvalue weighted by atomic mass is 16.2. The van der Waals surface area contributed by atoms with Gasteiger partial charge in [0.15, 0.2) is 0 Å². The van der Waals surface area contributed by atoms with Gasteiger partial charge in [-0.1, -0.05) is 26.3 Å². The number of amides is 4. The van der Waals surface area contributed by atoms with E-state index in [-0.39, 0.29) is 29.3 Å². The molecule has 8 heteroatoms. The Morgan fingerprint density at radius 3 is 2.51 bits per heavy atom. The minimum absolute atomic E-state index is 0.0624. The third-order valence-corrected chi connectivity index (χ3v) is 7.60. The molecule has 0 aliphatic carbocycles. The second-order valence-corrected chi connectivity index (χ2v) is 10.9. The lowest BCUT2D eigenvalue weighted by Crippen LogP contribution is -2.49. The zero-order valence-corrected chi connectivity index (χ0v) is 20.9. The van der Waals surface area contributed by atoms with E-state index in [1.54, 1.807) is 31.1 Å². The minimum atomic E-state index is -1.000. The number of nitrogens with zero attached hydrogens (tertiary/aromatic N) is 4. The van der Waals surface area contributed by atoms with Crippen LogP contribution < -0.4 is 15.1 Å². The Morgan fingerprint density at radius 2 is 1.83 bits per heavy atom. The first-order valence-electron chi connectivity index (χ1n) is 12.4. The van der Waals surface area contributed by atoms with Crippen molar-refractivity contribution in [2.75, 3.05) is 22.9 Å². The molecule has 1 N–H and O–H groups in total. The van der Waals surface area contributed by atoms with Gasteiger partial charge in [0, 0.05) is 36.6 Å². The molecular formula is C27H33N5O3. The number of hydrogen-bond donors (Lipinski definition) is 1. The van der Waals surface area contributed by atoms with Crippen molar-refractivity contribution in [2.24, 2.45) is 0 Å². The molecule has 0 saturated carbocycles. The zero-order chi connectivity index (χ0) is 25.0. The third-order valence-electron chi connectivity index (χ3n) is 7.60. The van der Waals surface area contributed by atoms with Gasteiger partial charge in [-0.2, -0.15) is 0 Å². The first-order valence-corrected chi connectivity index (χ1v) is 12.4. The Bertz CT molecular complexity index is 1170. The van der Waals surface area contributed by atoms with Gasteiger partial charge in [0.05, 0.1) is 11.7 Å². The lowest BCUT2D eigenvalue weighted by Gasteiger charge is -2.29. The van der Waals surface area contributed by atoms with Crippen LogP contribution in [0.4, 0.5) is 16.2 Å². The highest BCUT2D eigenvalue weighted by molar-refractivity contribution is 6.23. The number of piperidine rings is 1. The molecule has 0 bridgehead atoms. The number of carbonyl (C=O) groups is 3. The molecule has 3 aliphatic heterocycles. The number of anilines is 2. The third kappa shape index (κ3) is 3.89. The quantitative estimate of drug-likeness (QED) is 0.683. The number of rotatable bonds is 4. The smallest absolute Gasteiger partial charge is 0.310 e. The van der Waals surface area contributed by atoms with Gasteiger partial charge >= 0.3 is 6.03 Å². The number of pyridine rings is 1. The molecule has 1 aromatic carbocycles. The van der Waals surface area contributed by atoms with E-state index in [2.05, 4.69) is 24.1 Å². The lowest BCUT2D eigenvalue weighted by molar-refractivity contribution is -0.123. The topological polar surface area (TPSA) is 85.8 Å². The second kappa shape index (κ2) is 8.45. The van der Waals surface area contributed by atoms with E-state index in [0.717, 1.165) is 42.6 Å². The van der Waals surface area contributed by atoms with E-state index in [9.17, 15) is 14.4 Å². The predicted octanol–water partition coefficient (Wildman–Crippen LogP) is 3.60. The summed E-state index contributed by atoms with van der Waals surface area (Å²) in [5, 5.41) is 3.36. The first-order chi connectivity index (χ1) is 16.6. The summed E-state index contributed by atoms with van der Waals surface area (Å²) in [6.07, 6.45) is 6.30. The number of urea groups is 1. The predicted molar refractivity (Wildman–Crippen MR) is 134 cm³/mol. The summed E-state index contributed by atoms with van der Waals surface area (Å²) in [6.45, 7) is 9.53. The van der Waals surface area contributed by atoms with Crippen LogP contribution in [-0.4, -0.2) is 52.4 Å². The van der Waals surface area contributed by atoms with Crippen LogP contribution in [-0.2, 0) is 21.5 Å². The molecule has 184 valence electrons. The Hall–Kier alpha value is -3.26. The highest BCUT2D eigenvalue weighted by Crippen LogP contribution is 2.44. The maximum atomic E-state index is 13.6. The Kier molecular flexibility index (Phi) is 5.67. The molecule has 1 aromatic heterocycles. The number of aromatic nitrogens is 1. The number of fused-ring (bicyclic) bond motifs is 1. The van der Waals surface area contributed by atoms with Crippen LogP contribution in [0.3, 0.4) is 0 Å². The summed E-state index contributed by atoms with van der Waals surface area (Å²) in [5.74, 6) is -0.215. The number of nitrogens with one attached hydrogen (secondary N) is 1. The fourth-order valence-electron chi connectivity index (χ4n) is 5.47. The minimum Gasteiger partial charge on any atom is -0.310 e. The molecule has 3 aliphatic rings. The Labute approximate surface area is 206 Å². The highest BCUT2D eigenvalue weighted by Gasteiger charge is 2.52. The molecule has 2 fully saturated rings. The van der Waals surface area contributed by atoms with E-state index in [1.807, 2.05) is 35.2 Å². The average Bonchev–Trinajstić information content (AvgIpc) is 3.21. The van der Waals surface area contributed by atoms with Crippen molar-refractivity contribution in [3.8, 4) is 0 Å². The molecule has 35 heavy (non-hydrogen) atoms. The first kappa shape index (κ1) is 23.5. The molecule has 2 aromatic rings. The van der Waals surface area contributed by atoms with Gasteiger partial charge in [0.2, 0.25) is 5.91 Å². The van der Waals surface area contributed by atoms with Crippen molar-refractivity contribution in [1.82, 2.24) is 15.2 Å². The Balaban J connectivity index is 1.48. The van der Waals surface area contributed by atoms with Gasteiger partial charge in [0.1, 0.15) is 5.54 Å². The maximum Gasteiger partial charge on any atom is 0.332 e. The Morgan fingerprint density at radius 1 is 1.09 bits per heavy atom. The molecule has 2 saturated heterocycles. The van der Waals surface area contributed by atoms with Crippen molar-refractivity contribution in [2.45, 2.75) is 70.5 Å². The number of carbonyl (C=O) groups excluding carboxylic acids is 3. The summed E-state index contributed by atoms with van der Waals surface area (Å²) >= 11 is 0. The molecule has 8 nitrogen and oxygen atoms in total. The summed E-state index contributed by atoms with van der Waals surface area (Å²) < 4.78 is 0. The van der Waals surface area contributed by atoms with Crippen LogP contribution in [0.1, 0.15) is 58.1 Å². The molecule has 5 rings (SSSR count). The van der Waals surface area contributed by atoms with Crippen LogP contribution in [0, 0.1) is 0 Å². The summed E-state index contributed by atoms with van der Waals surface area (Å²) in [7, 11) is 0. The number of imide groups is 1. The molecule has 1 atom stereocenters. The fraction of sp³-hybridized carbons (Fsp3) is 0.481. The van der Waals surface area contributed by atoms with E-state index in [4.69, 9.17) is 0 Å². The second-order valence-electron chi connectivity index (χ2n) is 10.9. The number of hydrogen-bond acceptors (Lipinski definition) is 5. The molecule has 4 amide bonds. The molecule has 4 heterocycles. The normalized spacial score (nSPS) is 23.1. The van der Waals surface area contributed by atoms with Crippen LogP contribution in [0.2, 0.25) is 0 Å². The molecule has 0 spiro atoms. The number of benzene rings is 1. The summed E-state index contributed by atoms with van der Waals surface area (Å²) in [6, 6.07) is 8.76. The zero-order valence-electron chi connectivity index (χ0n) is 20.9. The van der Waals surface area contributed by atoms with E-state index >= 15 is 0 Å². The summed E-state index contributed by atoms with van der Waals surface area (Å²) in [5.41, 5.74) is 2.03. The maximum absolute atomic E-state index is 13.6.